The van der Waals surface area contributed by atoms with E-state index in [1.54, 1.807) is 24.3 Å². The SMILES string of the molecule is C=CCc1cc(/C=C(/C#N)C(=O)Nc2ccc(C)c(C)c2)cc(OCC)c1O. The van der Waals surface area contributed by atoms with Crippen LogP contribution in [0, 0.1) is 25.2 Å². The number of allylic oxidation sites excluding steroid dienone is 1. The molecule has 5 nitrogen and oxygen atoms in total. The summed E-state index contributed by atoms with van der Waals surface area (Å²) in [6.45, 7) is 9.82. The summed E-state index contributed by atoms with van der Waals surface area (Å²) in [5.41, 5.74) is 3.95. The Hall–Kier alpha value is -3.52. The average molecular weight is 376 g/mol. The molecule has 0 saturated carbocycles. The number of aromatic hydroxyl groups is 1. The van der Waals surface area contributed by atoms with Gasteiger partial charge in [0.1, 0.15) is 11.6 Å². The van der Waals surface area contributed by atoms with Gasteiger partial charge < -0.3 is 15.2 Å². The van der Waals surface area contributed by atoms with Gasteiger partial charge in [-0.15, -0.1) is 6.58 Å². The molecule has 0 saturated heterocycles. The zero-order valence-corrected chi connectivity index (χ0v) is 16.4. The van der Waals surface area contributed by atoms with E-state index in [0.717, 1.165) is 11.1 Å². The third-order valence-electron chi connectivity index (χ3n) is 4.28. The Morgan fingerprint density at radius 3 is 2.64 bits per heavy atom. The number of hydrogen-bond acceptors (Lipinski definition) is 4. The van der Waals surface area contributed by atoms with Crippen LogP contribution in [-0.4, -0.2) is 17.6 Å². The number of amides is 1. The highest BCUT2D eigenvalue weighted by Crippen LogP contribution is 2.33. The summed E-state index contributed by atoms with van der Waals surface area (Å²) in [4.78, 5) is 12.5. The third kappa shape index (κ3) is 5.01. The van der Waals surface area contributed by atoms with E-state index in [1.807, 2.05) is 39.0 Å². The van der Waals surface area contributed by atoms with E-state index < -0.39 is 5.91 Å². The molecule has 2 N–H and O–H groups in total. The van der Waals surface area contributed by atoms with Crippen LogP contribution in [0.2, 0.25) is 0 Å². The van der Waals surface area contributed by atoms with E-state index in [1.165, 1.54) is 6.08 Å². The molecule has 0 fully saturated rings. The molecule has 0 aliphatic rings. The van der Waals surface area contributed by atoms with Crippen molar-refractivity contribution in [1.29, 1.82) is 5.26 Å². The minimum Gasteiger partial charge on any atom is -0.504 e. The molecule has 1 amide bonds. The second kappa shape index (κ2) is 9.43. The molecule has 0 heterocycles. The molecular formula is C23H24N2O3. The van der Waals surface area contributed by atoms with Crippen molar-refractivity contribution < 1.29 is 14.6 Å². The van der Waals surface area contributed by atoms with Gasteiger partial charge in [0.15, 0.2) is 11.5 Å². The molecule has 2 aromatic carbocycles. The largest absolute Gasteiger partial charge is 0.504 e. The molecule has 28 heavy (non-hydrogen) atoms. The van der Waals surface area contributed by atoms with Gasteiger partial charge in [-0.25, -0.2) is 0 Å². The summed E-state index contributed by atoms with van der Waals surface area (Å²) in [6, 6.07) is 10.8. The van der Waals surface area contributed by atoms with Gasteiger partial charge in [-0.3, -0.25) is 4.79 Å². The maximum Gasteiger partial charge on any atom is 0.266 e. The van der Waals surface area contributed by atoms with Crippen molar-refractivity contribution in [2.45, 2.75) is 27.2 Å². The van der Waals surface area contributed by atoms with E-state index in [4.69, 9.17) is 4.74 Å². The number of ether oxygens (including phenoxy) is 1. The van der Waals surface area contributed by atoms with Crippen molar-refractivity contribution in [2.75, 3.05) is 11.9 Å². The number of carbonyl (C=O) groups is 1. The first kappa shape index (κ1) is 20.8. The standard InChI is InChI=1S/C23H24N2O3/c1-5-7-18-11-17(13-21(22(18)26)28-6-2)12-19(14-24)23(27)25-20-9-8-15(3)16(4)10-20/h5,8-13,26H,1,6-7H2,2-4H3,(H,25,27)/b19-12-. The van der Waals surface area contributed by atoms with E-state index in [0.29, 0.717) is 35.6 Å². The molecule has 0 atom stereocenters. The number of benzene rings is 2. The number of phenols is 1. The first-order valence-corrected chi connectivity index (χ1v) is 8.99. The molecular weight excluding hydrogens is 352 g/mol. The predicted octanol–water partition coefficient (Wildman–Crippen LogP) is 4.68. The first-order chi connectivity index (χ1) is 13.4. The molecule has 0 aliphatic carbocycles. The second-order valence-electron chi connectivity index (χ2n) is 6.38. The quantitative estimate of drug-likeness (QED) is 0.417. The van der Waals surface area contributed by atoms with Crippen LogP contribution in [0.3, 0.4) is 0 Å². The lowest BCUT2D eigenvalue weighted by Crippen LogP contribution is -2.13. The van der Waals surface area contributed by atoms with Gasteiger partial charge in [0.05, 0.1) is 6.61 Å². The monoisotopic (exact) mass is 376 g/mol. The lowest BCUT2D eigenvalue weighted by Gasteiger charge is -2.11. The smallest absolute Gasteiger partial charge is 0.266 e. The summed E-state index contributed by atoms with van der Waals surface area (Å²) in [6.07, 6.45) is 3.57. The van der Waals surface area contributed by atoms with Crippen molar-refractivity contribution in [3.8, 4) is 17.6 Å². The molecule has 5 heteroatoms. The van der Waals surface area contributed by atoms with Gasteiger partial charge in [-0.1, -0.05) is 12.1 Å². The first-order valence-electron chi connectivity index (χ1n) is 8.99. The fourth-order valence-corrected chi connectivity index (χ4v) is 2.68. The number of carbonyl (C=O) groups excluding carboxylic acids is 1. The molecule has 0 spiro atoms. The third-order valence-corrected chi connectivity index (χ3v) is 4.28. The zero-order chi connectivity index (χ0) is 20.7. The number of anilines is 1. The Kier molecular flexibility index (Phi) is 7.00. The van der Waals surface area contributed by atoms with Crippen molar-refractivity contribution in [2.24, 2.45) is 0 Å². The number of nitrogens with one attached hydrogen (secondary N) is 1. The topological polar surface area (TPSA) is 82.4 Å². The highest BCUT2D eigenvalue weighted by Gasteiger charge is 2.13. The summed E-state index contributed by atoms with van der Waals surface area (Å²) in [5, 5.41) is 22.5. The second-order valence-corrected chi connectivity index (χ2v) is 6.38. The van der Waals surface area contributed by atoms with Crippen LogP contribution in [0.5, 0.6) is 11.5 Å². The van der Waals surface area contributed by atoms with Crippen LogP contribution >= 0.6 is 0 Å². The van der Waals surface area contributed by atoms with Crippen LogP contribution in [0.25, 0.3) is 6.08 Å². The van der Waals surface area contributed by atoms with Crippen molar-refractivity contribution >= 4 is 17.7 Å². The van der Waals surface area contributed by atoms with E-state index in [9.17, 15) is 15.2 Å². The van der Waals surface area contributed by atoms with Gasteiger partial charge in [-0.2, -0.15) is 5.26 Å². The Bertz CT molecular complexity index is 969. The lowest BCUT2D eigenvalue weighted by molar-refractivity contribution is -0.112. The molecule has 144 valence electrons. The highest BCUT2D eigenvalue weighted by molar-refractivity contribution is 6.09. The maximum atomic E-state index is 12.5. The van der Waals surface area contributed by atoms with Crippen LogP contribution in [-0.2, 0) is 11.2 Å². The van der Waals surface area contributed by atoms with Crippen molar-refractivity contribution in [3.05, 3.63) is 70.8 Å². The number of rotatable bonds is 7. The van der Waals surface area contributed by atoms with E-state index in [-0.39, 0.29) is 11.3 Å². The summed E-state index contributed by atoms with van der Waals surface area (Å²) in [7, 11) is 0. The molecule has 0 unspecified atom stereocenters. The van der Waals surface area contributed by atoms with Gasteiger partial charge in [0.2, 0.25) is 0 Å². The summed E-state index contributed by atoms with van der Waals surface area (Å²) >= 11 is 0. The van der Waals surface area contributed by atoms with E-state index in [2.05, 4.69) is 11.9 Å². The molecule has 0 aromatic heterocycles. The normalized spacial score (nSPS) is 10.9. The zero-order valence-electron chi connectivity index (χ0n) is 16.4. The average Bonchev–Trinajstić information content (AvgIpc) is 2.66. The summed E-state index contributed by atoms with van der Waals surface area (Å²) < 4.78 is 5.46. The minimum atomic E-state index is -0.498. The fourth-order valence-electron chi connectivity index (χ4n) is 2.68. The Balaban J connectivity index is 2.36. The van der Waals surface area contributed by atoms with Gasteiger partial charge in [-0.05, 0) is 74.2 Å². The Labute approximate surface area is 165 Å². The van der Waals surface area contributed by atoms with Crippen LogP contribution in [0.4, 0.5) is 5.69 Å². The van der Waals surface area contributed by atoms with Crippen LogP contribution in [0.15, 0.2) is 48.6 Å². The van der Waals surface area contributed by atoms with Crippen molar-refractivity contribution in [1.82, 2.24) is 0 Å². The lowest BCUT2D eigenvalue weighted by atomic mass is 10.0. The molecule has 2 rings (SSSR count). The van der Waals surface area contributed by atoms with E-state index >= 15 is 0 Å². The molecule has 0 radical (unpaired) electrons. The Morgan fingerprint density at radius 2 is 2.04 bits per heavy atom. The molecule has 0 aliphatic heterocycles. The number of aryl methyl sites for hydroxylation is 2. The number of phenolic OH excluding ortho intramolecular Hbond substituents is 1. The van der Waals surface area contributed by atoms with Crippen molar-refractivity contribution in [3.63, 3.8) is 0 Å². The number of nitriles is 1. The molecule has 2 aromatic rings. The minimum absolute atomic E-state index is 0.0389. The fraction of sp³-hybridized carbons (Fsp3) is 0.217. The van der Waals surface area contributed by atoms with Crippen LogP contribution < -0.4 is 10.1 Å². The van der Waals surface area contributed by atoms with Gasteiger partial charge in [0, 0.05) is 11.3 Å². The maximum absolute atomic E-state index is 12.5. The van der Waals surface area contributed by atoms with Gasteiger partial charge in [0.25, 0.3) is 5.91 Å². The van der Waals surface area contributed by atoms with Gasteiger partial charge >= 0.3 is 0 Å². The predicted molar refractivity (Wildman–Crippen MR) is 111 cm³/mol. The Morgan fingerprint density at radius 1 is 1.29 bits per heavy atom. The summed E-state index contributed by atoms with van der Waals surface area (Å²) in [5.74, 6) is -0.154. The van der Waals surface area contributed by atoms with Crippen LogP contribution in [0.1, 0.15) is 29.2 Å². The number of nitrogens with zero attached hydrogens (tertiary/aromatic N) is 1. The number of hydrogen-bond donors (Lipinski definition) is 2. The highest BCUT2D eigenvalue weighted by atomic mass is 16.5. The molecule has 0 bridgehead atoms.